The first kappa shape index (κ1) is 31.2. The van der Waals surface area contributed by atoms with E-state index in [4.69, 9.17) is 0 Å². The third kappa shape index (κ3) is 16.8. The number of nitrogens with zero attached hydrogens (tertiary/aromatic N) is 2. The standard InChI is InChI=1S/C32H63N2/c1-4-7-9-11-13-14-15-16-17-18-19-20-21-22-23-25-27-32-33(28-6-3)30-31-34(32)29-26-24-12-10-8-5-2/h30-31H,4-29H2,1-3H3/q+1. The van der Waals surface area contributed by atoms with Crippen LogP contribution in [0.25, 0.3) is 0 Å². The monoisotopic (exact) mass is 475 g/mol. The van der Waals surface area contributed by atoms with Gasteiger partial charge in [0.1, 0.15) is 12.4 Å². The van der Waals surface area contributed by atoms with Gasteiger partial charge in [0.25, 0.3) is 5.82 Å². The van der Waals surface area contributed by atoms with Crippen LogP contribution in [0.1, 0.15) is 174 Å². The molecular formula is C32H63N2+. The van der Waals surface area contributed by atoms with E-state index in [1.807, 2.05) is 0 Å². The van der Waals surface area contributed by atoms with E-state index in [0.29, 0.717) is 0 Å². The van der Waals surface area contributed by atoms with E-state index in [1.165, 1.54) is 167 Å². The summed E-state index contributed by atoms with van der Waals surface area (Å²) >= 11 is 0. The van der Waals surface area contributed by atoms with Crippen molar-refractivity contribution in [2.75, 3.05) is 0 Å². The van der Waals surface area contributed by atoms with E-state index in [1.54, 1.807) is 5.82 Å². The molecule has 200 valence electrons. The molecule has 2 nitrogen and oxygen atoms in total. The van der Waals surface area contributed by atoms with E-state index in [0.717, 1.165) is 0 Å². The Hall–Kier alpha value is -0.790. The van der Waals surface area contributed by atoms with Crippen LogP contribution in [-0.2, 0) is 19.5 Å². The number of hydrogen-bond donors (Lipinski definition) is 0. The van der Waals surface area contributed by atoms with E-state index >= 15 is 0 Å². The summed E-state index contributed by atoms with van der Waals surface area (Å²) in [5.74, 6) is 1.58. The fourth-order valence-corrected chi connectivity index (χ4v) is 5.33. The average molecular weight is 476 g/mol. The highest BCUT2D eigenvalue weighted by Gasteiger charge is 2.15. The Bertz CT molecular complexity index is 533. The number of unbranched alkanes of at least 4 members (excludes halogenated alkanes) is 20. The number of hydrogen-bond acceptors (Lipinski definition) is 0. The first-order chi connectivity index (χ1) is 16.8. The zero-order chi connectivity index (χ0) is 24.5. The Labute approximate surface area is 215 Å². The second-order valence-corrected chi connectivity index (χ2v) is 10.9. The minimum Gasteiger partial charge on any atom is -0.234 e. The molecule has 2 heteroatoms. The number of aryl methyl sites for hydroxylation is 2. The van der Waals surface area contributed by atoms with Crippen LogP contribution in [0, 0.1) is 0 Å². The summed E-state index contributed by atoms with van der Waals surface area (Å²) in [6.45, 7) is 9.31. The molecular weight excluding hydrogens is 412 g/mol. The molecule has 1 heterocycles. The summed E-state index contributed by atoms with van der Waals surface area (Å²) in [5, 5.41) is 0. The molecule has 0 radical (unpaired) electrons. The Morgan fingerprint density at radius 1 is 0.500 bits per heavy atom. The van der Waals surface area contributed by atoms with Gasteiger partial charge < -0.3 is 0 Å². The molecule has 0 amide bonds. The van der Waals surface area contributed by atoms with Crippen LogP contribution in [0.4, 0.5) is 0 Å². The van der Waals surface area contributed by atoms with Crippen LogP contribution in [-0.4, -0.2) is 4.57 Å². The Balaban J connectivity index is 2.04. The smallest absolute Gasteiger partial charge is 0.234 e. The van der Waals surface area contributed by atoms with Gasteiger partial charge in [0, 0.05) is 6.42 Å². The first-order valence-corrected chi connectivity index (χ1v) is 15.9. The quantitative estimate of drug-likeness (QED) is 0.0930. The topological polar surface area (TPSA) is 8.81 Å². The molecule has 0 unspecified atom stereocenters. The van der Waals surface area contributed by atoms with E-state index < -0.39 is 0 Å². The molecule has 1 aromatic heterocycles. The summed E-state index contributed by atoms with van der Waals surface area (Å²) in [5.41, 5.74) is 0. The first-order valence-electron chi connectivity index (χ1n) is 15.9. The van der Waals surface area contributed by atoms with Gasteiger partial charge in [-0.25, -0.2) is 9.13 Å². The summed E-state index contributed by atoms with van der Waals surface area (Å²) < 4.78 is 5.10. The van der Waals surface area contributed by atoms with Gasteiger partial charge in [0.05, 0.1) is 13.1 Å². The van der Waals surface area contributed by atoms with Crippen molar-refractivity contribution in [3.63, 3.8) is 0 Å². The molecule has 0 aromatic carbocycles. The van der Waals surface area contributed by atoms with Crippen LogP contribution in [0.3, 0.4) is 0 Å². The minimum absolute atomic E-state index is 1.18. The molecule has 0 aliphatic rings. The van der Waals surface area contributed by atoms with Crippen LogP contribution >= 0.6 is 0 Å². The second-order valence-electron chi connectivity index (χ2n) is 10.9. The highest BCUT2D eigenvalue weighted by Crippen LogP contribution is 2.14. The van der Waals surface area contributed by atoms with Gasteiger partial charge in [-0.3, -0.25) is 0 Å². The van der Waals surface area contributed by atoms with Crippen molar-refractivity contribution in [1.29, 1.82) is 0 Å². The summed E-state index contributed by atoms with van der Waals surface area (Å²) in [7, 11) is 0. The maximum absolute atomic E-state index is 2.57. The average Bonchev–Trinajstić information content (AvgIpc) is 3.22. The summed E-state index contributed by atoms with van der Waals surface area (Å²) in [6.07, 6.45) is 38.7. The van der Waals surface area contributed by atoms with E-state index in [9.17, 15) is 0 Å². The molecule has 1 aromatic rings. The summed E-state index contributed by atoms with van der Waals surface area (Å²) in [6, 6.07) is 0. The van der Waals surface area contributed by atoms with E-state index in [2.05, 4.69) is 42.3 Å². The molecule has 34 heavy (non-hydrogen) atoms. The fourth-order valence-electron chi connectivity index (χ4n) is 5.33. The minimum atomic E-state index is 1.18. The highest BCUT2D eigenvalue weighted by molar-refractivity contribution is 4.84. The van der Waals surface area contributed by atoms with Gasteiger partial charge in [0.15, 0.2) is 0 Å². The van der Waals surface area contributed by atoms with Gasteiger partial charge >= 0.3 is 0 Å². The third-order valence-electron chi connectivity index (χ3n) is 7.56. The van der Waals surface area contributed by atoms with Crippen LogP contribution in [0.2, 0.25) is 0 Å². The molecule has 0 N–H and O–H groups in total. The highest BCUT2D eigenvalue weighted by atomic mass is 15.1. The van der Waals surface area contributed by atoms with Crippen LogP contribution in [0.5, 0.6) is 0 Å². The zero-order valence-electron chi connectivity index (χ0n) is 23.9. The normalized spacial score (nSPS) is 11.5. The third-order valence-corrected chi connectivity index (χ3v) is 7.56. The Morgan fingerprint density at radius 3 is 1.35 bits per heavy atom. The lowest BCUT2D eigenvalue weighted by Crippen LogP contribution is -2.37. The van der Waals surface area contributed by atoms with Gasteiger partial charge in [0.2, 0.25) is 0 Å². The maximum Gasteiger partial charge on any atom is 0.256 e. The number of rotatable bonds is 26. The van der Waals surface area contributed by atoms with Crippen molar-refractivity contribution in [1.82, 2.24) is 4.57 Å². The number of imidazole rings is 1. The molecule has 0 atom stereocenters. The molecule has 1 rings (SSSR count). The van der Waals surface area contributed by atoms with Crippen molar-refractivity contribution < 1.29 is 4.57 Å². The lowest BCUT2D eigenvalue weighted by atomic mass is 10.0. The molecule has 0 aliphatic heterocycles. The van der Waals surface area contributed by atoms with E-state index in [-0.39, 0.29) is 0 Å². The van der Waals surface area contributed by atoms with Crippen molar-refractivity contribution in [2.45, 2.75) is 188 Å². The lowest BCUT2D eigenvalue weighted by molar-refractivity contribution is -0.704. The maximum atomic E-state index is 2.57. The Kier molecular flexibility index (Phi) is 22.0. The number of aromatic nitrogens is 2. The van der Waals surface area contributed by atoms with Crippen molar-refractivity contribution in [3.05, 3.63) is 18.2 Å². The van der Waals surface area contributed by atoms with Gasteiger partial charge in [-0.1, -0.05) is 143 Å². The van der Waals surface area contributed by atoms with Crippen LogP contribution in [0.15, 0.2) is 12.4 Å². The van der Waals surface area contributed by atoms with Crippen molar-refractivity contribution >= 4 is 0 Å². The van der Waals surface area contributed by atoms with Crippen molar-refractivity contribution in [2.24, 2.45) is 0 Å². The molecule has 0 saturated heterocycles. The second kappa shape index (κ2) is 23.9. The molecule has 0 fully saturated rings. The van der Waals surface area contributed by atoms with Crippen molar-refractivity contribution in [3.8, 4) is 0 Å². The fraction of sp³-hybridized carbons (Fsp3) is 0.906. The lowest BCUT2D eigenvalue weighted by Gasteiger charge is -2.06. The summed E-state index contributed by atoms with van der Waals surface area (Å²) in [4.78, 5) is 0. The van der Waals surface area contributed by atoms with Gasteiger partial charge in [-0.2, -0.15) is 0 Å². The predicted molar refractivity (Wildman–Crippen MR) is 152 cm³/mol. The largest absolute Gasteiger partial charge is 0.256 e. The van der Waals surface area contributed by atoms with Gasteiger partial charge in [-0.15, -0.1) is 0 Å². The zero-order valence-corrected chi connectivity index (χ0v) is 23.9. The Morgan fingerprint density at radius 2 is 0.912 bits per heavy atom. The molecule has 0 spiro atoms. The van der Waals surface area contributed by atoms with Gasteiger partial charge in [-0.05, 0) is 25.7 Å². The van der Waals surface area contributed by atoms with Crippen LogP contribution < -0.4 is 4.57 Å². The SMILES string of the molecule is CCCCCCCCCCCCCCCCCCc1n(CCC)cc[n+]1CCCCCCCC. The molecule has 0 aliphatic carbocycles. The molecule has 0 saturated carbocycles. The predicted octanol–water partition coefficient (Wildman–Crippen LogP) is 10.4. The molecule has 0 bridgehead atoms.